The monoisotopic (exact) mass is 301 g/mol. The van der Waals surface area contributed by atoms with Crippen LogP contribution in [0.3, 0.4) is 0 Å². The molecule has 1 aromatic rings. The quantitative estimate of drug-likeness (QED) is 0.902. The molecule has 1 unspecified atom stereocenters. The molecule has 0 bridgehead atoms. The van der Waals surface area contributed by atoms with E-state index in [0.29, 0.717) is 5.37 Å². The number of thioether (sulfide) groups is 1. The van der Waals surface area contributed by atoms with E-state index in [1.54, 1.807) is 7.11 Å². The van der Waals surface area contributed by atoms with Crippen molar-refractivity contribution in [1.82, 2.24) is 5.32 Å². The molecule has 1 aromatic carbocycles. The van der Waals surface area contributed by atoms with Gasteiger partial charge in [0.25, 0.3) is 0 Å². The maximum Gasteiger partial charge on any atom is 0.124 e. The molecule has 0 saturated carbocycles. The van der Waals surface area contributed by atoms with Crippen LogP contribution in [0.4, 0.5) is 0 Å². The van der Waals surface area contributed by atoms with Crippen molar-refractivity contribution in [3.05, 3.63) is 28.2 Å². The van der Waals surface area contributed by atoms with Crippen LogP contribution in [0, 0.1) is 0 Å². The van der Waals surface area contributed by atoms with E-state index in [0.717, 1.165) is 16.0 Å². The van der Waals surface area contributed by atoms with Crippen LogP contribution in [0.15, 0.2) is 22.7 Å². The summed E-state index contributed by atoms with van der Waals surface area (Å²) in [5.41, 5.74) is 1.41. The predicted octanol–water partition coefficient (Wildman–Crippen LogP) is 3.57. The number of halogens is 1. The SMILES string of the molecule is COc1ccc(Br)cc1C1NC(C)(C)CS1. The van der Waals surface area contributed by atoms with Crippen LogP contribution in [0.5, 0.6) is 5.75 Å². The Labute approximate surface area is 109 Å². The molecule has 0 spiro atoms. The van der Waals surface area contributed by atoms with Gasteiger partial charge in [0.15, 0.2) is 0 Å². The van der Waals surface area contributed by atoms with Gasteiger partial charge < -0.3 is 4.74 Å². The second-order valence-electron chi connectivity index (χ2n) is 4.61. The third-order valence-electron chi connectivity index (χ3n) is 2.61. The van der Waals surface area contributed by atoms with Gasteiger partial charge in [0.2, 0.25) is 0 Å². The number of benzene rings is 1. The number of nitrogens with one attached hydrogen (secondary N) is 1. The van der Waals surface area contributed by atoms with E-state index < -0.39 is 0 Å². The Morgan fingerprint density at radius 2 is 2.25 bits per heavy atom. The van der Waals surface area contributed by atoms with Gasteiger partial charge in [0.1, 0.15) is 5.75 Å². The lowest BCUT2D eigenvalue weighted by atomic mass is 10.1. The van der Waals surface area contributed by atoms with Crippen LogP contribution in [0.1, 0.15) is 24.8 Å². The van der Waals surface area contributed by atoms with Gasteiger partial charge in [0, 0.05) is 21.3 Å². The zero-order valence-corrected chi connectivity index (χ0v) is 12.1. The fourth-order valence-electron chi connectivity index (χ4n) is 1.81. The van der Waals surface area contributed by atoms with Crippen molar-refractivity contribution >= 4 is 27.7 Å². The van der Waals surface area contributed by atoms with Crippen molar-refractivity contribution in [2.24, 2.45) is 0 Å². The fourth-order valence-corrected chi connectivity index (χ4v) is 3.62. The van der Waals surface area contributed by atoms with Crippen LogP contribution < -0.4 is 10.1 Å². The summed E-state index contributed by atoms with van der Waals surface area (Å²) >= 11 is 5.44. The molecule has 4 heteroatoms. The fraction of sp³-hybridized carbons (Fsp3) is 0.500. The molecular weight excluding hydrogens is 286 g/mol. The highest BCUT2D eigenvalue weighted by Gasteiger charge is 2.32. The molecule has 1 aliphatic rings. The first kappa shape index (κ1) is 12.3. The number of hydrogen-bond donors (Lipinski definition) is 1. The second kappa shape index (κ2) is 4.59. The summed E-state index contributed by atoms with van der Waals surface area (Å²) < 4.78 is 6.50. The lowest BCUT2D eigenvalue weighted by Crippen LogP contribution is -2.35. The van der Waals surface area contributed by atoms with Crippen LogP contribution >= 0.6 is 27.7 Å². The normalized spacial score (nSPS) is 23.4. The highest BCUT2D eigenvalue weighted by Crippen LogP contribution is 2.41. The second-order valence-corrected chi connectivity index (χ2v) is 6.61. The smallest absolute Gasteiger partial charge is 0.124 e. The van der Waals surface area contributed by atoms with Crippen LogP contribution in [0.2, 0.25) is 0 Å². The van der Waals surface area contributed by atoms with Gasteiger partial charge in [-0.05, 0) is 32.0 Å². The minimum atomic E-state index is 0.197. The number of hydrogen-bond acceptors (Lipinski definition) is 3. The Morgan fingerprint density at radius 1 is 1.50 bits per heavy atom. The summed E-state index contributed by atoms with van der Waals surface area (Å²) in [5, 5.41) is 3.93. The first-order chi connectivity index (χ1) is 7.52. The summed E-state index contributed by atoms with van der Waals surface area (Å²) in [4.78, 5) is 0. The Hall–Kier alpha value is -0.190. The Kier molecular flexibility index (Phi) is 3.52. The third-order valence-corrected chi connectivity index (χ3v) is 4.69. The largest absolute Gasteiger partial charge is 0.496 e. The number of ether oxygens (including phenoxy) is 1. The Bertz CT molecular complexity index is 395. The van der Waals surface area contributed by atoms with Crippen LogP contribution in [-0.2, 0) is 0 Å². The maximum atomic E-state index is 5.41. The molecule has 1 N–H and O–H groups in total. The number of rotatable bonds is 2. The first-order valence-corrected chi connectivity index (χ1v) is 7.09. The molecular formula is C12H16BrNOS. The van der Waals surface area contributed by atoms with Crippen molar-refractivity contribution in [3.63, 3.8) is 0 Å². The summed E-state index contributed by atoms with van der Waals surface area (Å²) in [6.45, 7) is 4.45. The Balaban J connectivity index is 2.30. The predicted molar refractivity (Wildman–Crippen MR) is 73.1 cm³/mol. The molecule has 88 valence electrons. The summed E-state index contributed by atoms with van der Waals surface area (Å²) in [6.07, 6.45) is 0. The van der Waals surface area contributed by atoms with E-state index in [9.17, 15) is 0 Å². The topological polar surface area (TPSA) is 21.3 Å². The number of methoxy groups -OCH3 is 1. The highest BCUT2D eigenvalue weighted by molar-refractivity contribution is 9.10. The lowest BCUT2D eigenvalue weighted by Gasteiger charge is -2.20. The summed E-state index contributed by atoms with van der Waals surface area (Å²) in [5.74, 6) is 2.07. The minimum absolute atomic E-state index is 0.197. The molecule has 0 aromatic heterocycles. The van der Waals surface area contributed by atoms with Gasteiger partial charge >= 0.3 is 0 Å². The van der Waals surface area contributed by atoms with E-state index in [2.05, 4.69) is 41.2 Å². The van der Waals surface area contributed by atoms with Crippen molar-refractivity contribution in [2.45, 2.75) is 24.8 Å². The van der Waals surface area contributed by atoms with Crippen LogP contribution in [-0.4, -0.2) is 18.4 Å². The minimum Gasteiger partial charge on any atom is -0.496 e. The standard InChI is InChI=1S/C12H16BrNOS/c1-12(2)7-16-11(14-12)9-6-8(13)4-5-10(9)15-3/h4-6,11,14H,7H2,1-3H3. The molecule has 1 saturated heterocycles. The molecule has 16 heavy (non-hydrogen) atoms. The van der Waals surface area contributed by atoms with E-state index in [1.165, 1.54) is 5.56 Å². The van der Waals surface area contributed by atoms with Gasteiger partial charge in [-0.3, -0.25) is 5.32 Å². The van der Waals surface area contributed by atoms with Gasteiger partial charge in [-0.15, -0.1) is 11.8 Å². The van der Waals surface area contributed by atoms with E-state index >= 15 is 0 Å². The highest BCUT2D eigenvalue weighted by atomic mass is 79.9. The summed E-state index contributed by atoms with van der Waals surface area (Å²) in [7, 11) is 1.72. The summed E-state index contributed by atoms with van der Waals surface area (Å²) in [6, 6.07) is 6.14. The van der Waals surface area contributed by atoms with Crippen molar-refractivity contribution in [1.29, 1.82) is 0 Å². The van der Waals surface area contributed by atoms with E-state index in [-0.39, 0.29) is 5.54 Å². The van der Waals surface area contributed by atoms with E-state index in [4.69, 9.17) is 4.74 Å². The molecule has 1 atom stereocenters. The van der Waals surface area contributed by atoms with Crippen LogP contribution in [0.25, 0.3) is 0 Å². The zero-order valence-electron chi connectivity index (χ0n) is 9.71. The molecule has 1 aliphatic heterocycles. The molecule has 0 amide bonds. The Morgan fingerprint density at radius 3 is 2.81 bits per heavy atom. The third kappa shape index (κ3) is 2.55. The average Bonchev–Trinajstić information content (AvgIpc) is 2.59. The maximum absolute atomic E-state index is 5.41. The van der Waals surface area contributed by atoms with Gasteiger partial charge in [-0.2, -0.15) is 0 Å². The molecule has 0 aliphatic carbocycles. The molecule has 2 nitrogen and oxygen atoms in total. The van der Waals surface area contributed by atoms with Crippen molar-refractivity contribution in [2.75, 3.05) is 12.9 Å². The van der Waals surface area contributed by atoms with Crippen molar-refractivity contribution in [3.8, 4) is 5.75 Å². The van der Waals surface area contributed by atoms with Gasteiger partial charge in [0.05, 0.1) is 12.5 Å². The van der Waals surface area contributed by atoms with Gasteiger partial charge in [-0.1, -0.05) is 15.9 Å². The van der Waals surface area contributed by atoms with Gasteiger partial charge in [-0.25, -0.2) is 0 Å². The van der Waals surface area contributed by atoms with Crippen molar-refractivity contribution < 1.29 is 4.74 Å². The molecule has 0 radical (unpaired) electrons. The zero-order chi connectivity index (χ0) is 11.8. The molecule has 2 rings (SSSR count). The average molecular weight is 302 g/mol. The molecule has 1 fully saturated rings. The molecule has 1 heterocycles. The first-order valence-electron chi connectivity index (χ1n) is 5.24. The van der Waals surface area contributed by atoms with E-state index in [1.807, 2.05) is 23.9 Å². The lowest BCUT2D eigenvalue weighted by molar-refractivity contribution is 0.399.